The van der Waals surface area contributed by atoms with Crippen LogP contribution < -0.4 is 28.7 Å². The largest absolute Gasteiger partial charge is 0.457 e. The van der Waals surface area contributed by atoms with Crippen LogP contribution in [0.1, 0.15) is 73.7 Å². The van der Waals surface area contributed by atoms with Crippen molar-refractivity contribution in [1.29, 1.82) is 0 Å². The van der Waals surface area contributed by atoms with E-state index >= 15 is 19.2 Å². The number of hydrogen-bond donors (Lipinski definition) is 0. The number of pyridine rings is 2. The zero-order chi connectivity index (χ0) is 58.5. The monoisotopic (exact) mass is 1120 g/mol. The molecule has 16 heteroatoms. The highest BCUT2D eigenvalue weighted by Gasteiger charge is 2.50. The molecule has 416 valence electrons. The van der Waals surface area contributed by atoms with Crippen molar-refractivity contribution in [3.8, 4) is 46.0 Å². The molecular formula is C69H50N6O10. The van der Waals surface area contributed by atoms with Crippen LogP contribution in [0.25, 0.3) is 43.1 Å². The van der Waals surface area contributed by atoms with Gasteiger partial charge in [0.2, 0.25) is 5.91 Å². The molecule has 3 unspecified atom stereocenters. The Morgan fingerprint density at radius 2 is 0.871 bits per heavy atom. The minimum Gasteiger partial charge on any atom is -0.457 e. The predicted octanol–water partition coefficient (Wildman–Crippen LogP) is 13.7. The molecule has 3 atom stereocenters. The van der Waals surface area contributed by atoms with Crippen molar-refractivity contribution in [2.45, 2.75) is 38.8 Å². The molecule has 14 rings (SSSR count). The Kier molecular flexibility index (Phi) is 12.4. The average molecular weight is 1120 g/mol. The lowest BCUT2D eigenvalue weighted by Gasteiger charge is -2.42. The van der Waals surface area contributed by atoms with Gasteiger partial charge in [-0.1, -0.05) is 93.6 Å². The first kappa shape index (κ1) is 52.1. The number of rotatable bonds is 13. The smallest absolute Gasteiger partial charge is 0.262 e. The number of fused-ring (bicyclic) bond motifs is 3. The number of carbonyl (C=O) groups excluding carboxylic acids is 6. The molecule has 6 amide bonds. The van der Waals surface area contributed by atoms with Crippen LogP contribution in [0.3, 0.4) is 0 Å². The molecule has 0 N–H and O–H groups in total. The standard InChI is InChI=1S/C69H50N6O10/c1-37(2)62(68(80)72(4)39-26-29-70-30-27-39)74-64(76)44-32-50(82-40-18-10-6-11-19-40)56-58-52(84-42-22-14-8-15-23-42)34-46-55-47(67(79)75(66(46)78)63-38(3)48-36-71-31-28-49(48)73(5)69(63)81)35-53(85-43-24-16-9-17-25-43)59(61(55)58)57-51(83-41-20-12-7-13-21-41)33-45(65(74)77)54(44)60(56)57/h6-38,62-63H,1-5H3. The number of nitrogens with zero attached hydrogens (tertiary/aromatic N) is 6. The molecule has 3 aliphatic heterocycles. The zero-order valence-electron chi connectivity index (χ0n) is 46.5. The molecule has 0 aliphatic carbocycles. The highest BCUT2D eigenvalue weighted by Crippen LogP contribution is 2.58. The maximum absolute atomic E-state index is 16.0. The number of hydrogen-bond acceptors (Lipinski definition) is 12. The normalized spacial score (nSPS) is 16.0. The third-order valence-corrected chi connectivity index (χ3v) is 16.4. The summed E-state index contributed by atoms with van der Waals surface area (Å²) in [7, 11) is 3.20. The molecule has 5 heterocycles. The highest BCUT2D eigenvalue weighted by atomic mass is 16.5. The van der Waals surface area contributed by atoms with E-state index in [1.165, 1.54) is 9.80 Å². The van der Waals surface area contributed by atoms with Gasteiger partial charge in [0.25, 0.3) is 29.5 Å². The molecule has 0 spiro atoms. The number of ether oxygens (including phenoxy) is 4. The van der Waals surface area contributed by atoms with Crippen molar-refractivity contribution >= 4 is 89.9 Å². The first-order valence-corrected chi connectivity index (χ1v) is 27.7. The van der Waals surface area contributed by atoms with Gasteiger partial charge in [0.05, 0.1) is 22.3 Å². The summed E-state index contributed by atoms with van der Waals surface area (Å²) in [6.07, 6.45) is 6.34. The number of anilines is 2. The summed E-state index contributed by atoms with van der Waals surface area (Å²) in [5, 5.41) is 2.33. The van der Waals surface area contributed by atoms with Gasteiger partial charge in [0, 0.05) is 99.3 Å². The Morgan fingerprint density at radius 1 is 0.494 bits per heavy atom. The Balaban J connectivity index is 1.14. The fourth-order valence-corrected chi connectivity index (χ4v) is 12.5. The van der Waals surface area contributed by atoms with Gasteiger partial charge in [-0.3, -0.25) is 48.5 Å². The molecule has 0 radical (unpaired) electrons. The first-order chi connectivity index (χ1) is 41.3. The van der Waals surface area contributed by atoms with Crippen molar-refractivity contribution in [3.05, 3.63) is 216 Å². The molecular weight excluding hydrogens is 1070 g/mol. The number of likely N-dealkylation sites (N-methyl/N-ethyl adjacent to an activating group) is 2. The van der Waals surface area contributed by atoms with E-state index in [0.29, 0.717) is 72.3 Å². The van der Waals surface area contributed by atoms with Gasteiger partial charge in [-0.15, -0.1) is 0 Å². The zero-order valence-corrected chi connectivity index (χ0v) is 46.5. The van der Waals surface area contributed by atoms with E-state index in [9.17, 15) is 9.59 Å². The van der Waals surface area contributed by atoms with Crippen molar-refractivity contribution in [3.63, 3.8) is 0 Å². The van der Waals surface area contributed by atoms with E-state index in [0.717, 1.165) is 9.80 Å². The lowest BCUT2D eigenvalue weighted by atomic mass is 9.79. The van der Waals surface area contributed by atoms with Gasteiger partial charge in [-0.05, 0) is 102 Å². The van der Waals surface area contributed by atoms with E-state index in [-0.39, 0.29) is 56.0 Å². The molecule has 11 aromatic rings. The molecule has 16 nitrogen and oxygen atoms in total. The number of carbonyl (C=O) groups is 6. The van der Waals surface area contributed by atoms with E-state index < -0.39 is 59.4 Å². The third kappa shape index (κ3) is 8.19. The second kappa shape index (κ2) is 20.2. The lowest BCUT2D eigenvalue weighted by Crippen LogP contribution is -2.58. The fraction of sp³-hybridized carbons (Fsp3) is 0.130. The number of benzene rings is 9. The van der Waals surface area contributed by atoms with Crippen LogP contribution in [0.15, 0.2) is 189 Å². The molecule has 9 aromatic carbocycles. The second-order valence-electron chi connectivity index (χ2n) is 21.7. The Labute approximate surface area is 486 Å². The minimum atomic E-state index is -1.31. The van der Waals surface area contributed by atoms with Crippen LogP contribution in [0.5, 0.6) is 46.0 Å². The Bertz CT molecular complexity index is 4390. The van der Waals surface area contributed by atoms with Crippen LogP contribution in [-0.4, -0.2) is 81.4 Å². The van der Waals surface area contributed by atoms with Gasteiger partial charge in [-0.2, -0.15) is 0 Å². The molecule has 85 heavy (non-hydrogen) atoms. The molecule has 0 bridgehead atoms. The van der Waals surface area contributed by atoms with Gasteiger partial charge in [-0.25, -0.2) is 0 Å². The summed E-state index contributed by atoms with van der Waals surface area (Å²) in [5.41, 5.74) is 1.94. The maximum Gasteiger partial charge on any atom is 0.262 e. The van der Waals surface area contributed by atoms with Crippen molar-refractivity contribution in [1.82, 2.24) is 19.8 Å². The Morgan fingerprint density at radius 3 is 1.26 bits per heavy atom. The quantitative estimate of drug-likeness (QED) is 0.0607. The van der Waals surface area contributed by atoms with E-state index in [1.54, 1.807) is 199 Å². The van der Waals surface area contributed by atoms with Crippen molar-refractivity contribution < 1.29 is 47.7 Å². The van der Waals surface area contributed by atoms with Crippen LogP contribution in [-0.2, 0) is 9.59 Å². The second-order valence-corrected chi connectivity index (χ2v) is 21.7. The van der Waals surface area contributed by atoms with Gasteiger partial charge < -0.3 is 28.7 Å². The third-order valence-electron chi connectivity index (χ3n) is 16.4. The maximum atomic E-state index is 16.0. The van der Waals surface area contributed by atoms with E-state index in [4.69, 9.17) is 18.9 Å². The van der Waals surface area contributed by atoms with Crippen LogP contribution in [0.4, 0.5) is 11.4 Å². The van der Waals surface area contributed by atoms with E-state index in [1.807, 2.05) is 24.3 Å². The van der Waals surface area contributed by atoms with Gasteiger partial charge in [0.15, 0.2) is 0 Å². The SMILES string of the molecule is CC(C)C(C(=O)N(C)c1ccncc1)N1C(=O)c2cc(Oc3ccccc3)c3c4c(Oc5ccccc5)cc5c6c(cc(Oc7ccccc7)c(c7c(Oc8ccccc8)cc(c2c37)C1=O)c64)C(=O)N(C1C(=O)N(C)c2ccncc2C1C)C5=O. The van der Waals surface area contributed by atoms with Gasteiger partial charge >= 0.3 is 0 Å². The van der Waals surface area contributed by atoms with Crippen molar-refractivity contribution in [2.75, 3.05) is 23.9 Å². The summed E-state index contributed by atoms with van der Waals surface area (Å²) in [5.74, 6) is -3.36. The minimum absolute atomic E-state index is 0.0379. The van der Waals surface area contributed by atoms with Crippen LogP contribution in [0.2, 0.25) is 0 Å². The molecule has 0 saturated heterocycles. The fourth-order valence-electron chi connectivity index (χ4n) is 12.5. The van der Waals surface area contributed by atoms with Crippen molar-refractivity contribution in [2.24, 2.45) is 5.92 Å². The van der Waals surface area contributed by atoms with Crippen LogP contribution in [0, 0.1) is 5.92 Å². The summed E-state index contributed by atoms with van der Waals surface area (Å²) >= 11 is 0. The molecule has 0 fully saturated rings. The number of amides is 6. The Hall–Kier alpha value is -11.0. The summed E-state index contributed by atoms with van der Waals surface area (Å²) in [4.78, 5) is 107. The number of imide groups is 2. The molecule has 0 saturated carbocycles. The highest BCUT2D eigenvalue weighted by molar-refractivity contribution is 6.45. The molecule has 3 aliphatic rings. The first-order valence-electron chi connectivity index (χ1n) is 27.7. The average Bonchev–Trinajstić information content (AvgIpc) is 0.689. The summed E-state index contributed by atoms with van der Waals surface area (Å²) in [6.45, 7) is 5.36. The summed E-state index contributed by atoms with van der Waals surface area (Å²) < 4.78 is 28.2. The van der Waals surface area contributed by atoms with Gasteiger partial charge in [0.1, 0.15) is 58.1 Å². The van der Waals surface area contributed by atoms with E-state index in [2.05, 4.69) is 9.97 Å². The summed E-state index contributed by atoms with van der Waals surface area (Å²) in [6, 6.07) is 44.6. The molecule has 2 aromatic heterocycles. The number of aromatic nitrogens is 2. The number of para-hydroxylation sites is 4. The predicted molar refractivity (Wildman–Crippen MR) is 321 cm³/mol. The van der Waals surface area contributed by atoms with Crippen LogP contribution >= 0.6 is 0 Å². The topological polar surface area (TPSA) is 178 Å². The lowest BCUT2D eigenvalue weighted by molar-refractivity contribution is -0.124.